The average Bonchev–Trinajstić information content (AvgIpc) is 2.35. The lowest BCUT2D eigenvalue weighted by Crippen LogP contribution is -2.07. The Labute approximate surface area is 110 Å². The molecule has 0 saturated carbocycles. The summed E-state index contributed by atoms with van der Waals surface area (Å²) in [5.74, 6) is -0.196. The maximum Gasteiger partial charge on any atom is 0.186 e. The van der Waals surface area contributed by atoms with Gasteiger partial charge in [-0.1, -0.05) is 0 Å². The van der Waals surface area contributed by atoms with Crippen LogP contribution in [0.1, 0.15) is 18.2 Å². The van der Waals surface area contributed by atoms with Crippen LogP contribution in [-0.2, 0) is 0 Å². The SMILES string of the molecule is CCNc1nc(-c2ccc(F)cc2C)nc(C)c1F. The molecule has 0 fully saturated rings. The highest BCUT2D eigenvalue weighted by Crippen LogP contribution is 2.24. The molecule has 0 aliphatic rings. The first-order valence-corrected chi connectivity index (χ1v) is 6.07. The monoisotopic (exact) mass is 263 g/mol. The first-order valence-electron chi connectivity index (χ1n) is 6.07. The molecule has 0 amide bonds. The Kier molecular flexibility index (Phi) is 3.74. The summed E-state index contributed by atoms with van der Waals surface area (Å²) >= 11 is 0. The van der Waals surface area contributed by atoms with Crippen molar-refractivity contribution in [3.63, 3.8) is 0 Å². The molecule has 0 aliphatic carbocycles. The van der Waals surface area contributed by atoms with Gasteiger partial charge in [0.1, 0.15) is 5.82 Å². The van der Waals surface area contributed by atoms with Crippen LogP contribution in [0.3, 0.4) is 0 Å². The Balaban J connectivity index is 2.56. The minimum atomic E-state index is -0.453. The van der Waals surface area contributed by atoms with E-state index in [2.05, 4.69) is 15.3 Å². The molecule has 100 valence electrons. The topological polar surface area (TPSA) is 37.8 Å². The molecular formula is C14H15F2N3. The molecule has 2 rings (SSSR count). The molecule has 1 heterocycles. The molecular weight excluding hydrogens is 248 g/mol. The van der Waals surface area contributed by atoms with E-state index in [1.807, 2.05) is 6.92 Å². The first-order chi connectivity index (χ1) is 9.02. The van der Waals surface area contributed by atoms with Gasteiger partial charge in [-0.15, -0.1) is 0 Å². The van der Waals surface area contributed by atoms with Gasteiger partial charge in [-0.05, 0) is 44.5 Å². The van der Waals surface area contributed by atoms with Gasteiger partial charge in [0, 0.05) is 12.1 Å². The number of anilines is 1. The number of benzene rings is 1. The van der Waals surface area contributed by atoms with Gasteiger partial charge in [0.05, 0.1) is 5.69 Å². The highest BCUT2D eigenvalue weighted by molar-refractivity contribution is 5.62. The lowest BCUT2D eigenvalue weighted by molar-refractivity contribution is 0.606. The van der Waals surface area contributed by atoms with E-state index < -0.39 is 5.82 Å². The van der Waals surface area contributed by atoms with Gasteiger partial charge in [0.2, 0.25) is 0 Å². The Morgan fingerprint density at radius 3 is 2.53 bits per heavy atom. The van der Waals surface area contributed by atoms with E-state index in [-0.39, 0.29) is 17.3 Å². The third kappa shape index (κ3) is 2.70. The quantitative estimate of drug-likeness (QED) is 0.921. The van der Waals surface area contributed by atoms with Crippen molar-refractivity contribution in [2.45, 2.75) is 20.8 Å². The van der Waals surface area contributed by atoms with Gasteiger partial charge in [-0.2, -0.15) is 0 Å². The standard InChI is InChI=1S/C14H15F2N3/c1-4-17-14-12(16)9(3)18-13(19-14)11-6-5-10(15)7-8(11)2/h5-7H,4H2,1-3H3,(H,17,18,19). The highest BCUT2D eigenvalue weighted by atomic mass is 19.1. The van der Waals surface area contributed by atoms with Crippen LogP contribution in [-0.4, -0.2) is 16.5 Å². The zero-order valence-electron chi connectivity index (χ0n) is 11.1. The molecule has 1 aromatic carbocycles. The normalized spacial score (nSPS) is 10.6. The van der Waals surface area contributed by atoms with Crippen molar-refractivity contribution in [2.75, 3.05) is 11.9 Å². The van der Waals surface area contributed by atoms with Crippen molar-refractivity contribution in [3.8, 4) is 11.4 Å². The van der Waals surface area contributed by atoms with Crippen molar-refractivity contribution in [3.05, 3.63) is 41.1 Å². The predicted molar refractivity (Wildman–Crippen MR) is 71.0 cm³/mol. The molecule has 0 spiro atoms. The summed E-state index contributed by atoms with van der Waals surface area (Å²) in [6.07, 6.45) is 0. The van der Waals surface area contributed by atoms with Gasteiger partial charge >= 0.3 is 0 Å². The molecule has 0 atom stereocenters. The van der Waals surface area contributed by atoms with Crippen molar-refractivity contribution in [1.82, 2.24) is 9.97 Å². The molecule has 1 N–H and O–H groups in total. The van der Waals surface area contributed by atoms with Gasteiger partial charge < -0.3 is 5.32 Å². The summed E-state index contributed by atoms with van der Waals surface area (Å²) in [5.41, 5.74) is 1.68. The van der Waals surface area contributed by atoms with E-state index in [0.29, 0.717) is 23.5 Å². The summed E-state index contributed by atoms with van der Waals surface area (Å²) in [5, 5.41) is 2.86. The van der Waals surface area contributed by atoms with Crippen LogP contribution in [0.25, 0.3) is 11.4 Å². The van der Waals surface area contributed by atoms with Crippen LogP contribution in [0.4, 0.5) is 14.6 Å². The second-order valence-corrected chi connectivity index (χ2v) is 4.28. The first kappa shape index (κ1) is 13.4. The zero-order valence-corrected chi connectivity index (χ0v) is 11.1. The summed E-state index contributed by atoms with van der Waals surface area (Å²) in [4.78, 5) is 8.29. The lowest BCUT2D eigenvalue weighted by Gasteiger charge is -2.10. The number of aromatic nitrogens is 2. The molecule has 0 radical (unpaired) electrons. The van der Waals surface area contributed by atoms with Gasteiger partial charge in [-0.25, -0.2) is 18.7 Å². The van der Waals surface area contributed by atoms with Crippen LogP contribution in [0.2, 0.25) is 0 Å². The smallest absolute Gasteiger partial charge is 0.186 e. The Morgan fingerprint density at radius 1 is 1.16 bits per heavy atom. The number of nitrogens with one attached hydrogen (secondary N) is 1. The third-order valence-corrected chi connectivity index (χ3v) is 2.79. The Bertz CT molecular complexity index is 612. The molecule has 3 nitrogen and oxygen atoms in total. The van der Waals surface area contributed by atoms with Crippen molar-refractivity contribution in [1.29, 1.82) is 0 Å². The van der Waals surface area contributed by atoms with E-state index >= 15 is 0 Å². The minimum Gasteiger partial charge on any atom is -0.368 e. The number of hydrogen-bond donors (Lipinski definition) is 1. The van der Waals surface area contributed by atoms with Gasteiger partial charge in [0.15, 0.2) is 17.5 Å². The summed E-state index contributed by atoms with van der Waals surface area (Å²) in [6, 6.07) is 4.36. The number of hydrogen-bond acceptors (Lipinski definition) is 3. The molecule has 0 aliphatic heterocycles. The van der Waals surface area contributed by atoms with Crippen LogP contribution < -0.4 is 5.32 Å². The van der Waals surface area contributed by atoms with Gasteiger partial charge in [-0.3, -0.25) is 0 Å². The van der Waals surface area contributed by atoms with E-state index in [1.165, 1.54) is 12.1 Å². The second-order valence-electron chi connectivity index (χ2n) is 4.28. The fourth-order valence-electron chi connectivity index (χ4n) is 1.84. The molecule has 0 saturated heterocycles. The predicted octanol–water partition coefficient (Wildman–Crippen LogP) is 3.47. The number of nitrogens with zero attached hydrogens (tertiary/aromatic N) is 2. The zero-order chi connectivity index (χ0) is 14.0. The van der Waals surface area contributed by atoms with E-state index in [9.17, 15) is 8.78 Å². The Morgan fingerprint density at radius 2 is 1.89 bits per heavy atom. The van der Waals surface area contributed by atoms with Gasteiger partial charge in [0.25, 0.3) is 0 Å². The van der Waals surface area contributed by atoms with Crippen molar-refractivity contribution >= 4 is 5.82 Å². The largest absolute Gasteiger partial charge is 0.368 e. The molecule has 19 heavy (non-hydrogen) atoms. The molecule has 5 heteroatoms. The lowest BCUT2D eigenvalue weighted by atomic mass is 10.1. The number of halogens is 2. The molecule has 0 unspecified atom stereocenters. The molecule has 1 aromatic heterocycles. The fourth-order valence-corrected chi connectivity index (χ4v) is 1.84. The minimum absolute atomic E-state index is 0.175. The number of rotatable bonds is 3. The molecule has 2 aromatic rings. The van der Waals surface area contributed by atoms with E-state index in [1.54, 1.807) is 19.9 Å². The van der Waals surface area contributed by atoms with E-state index in [0.717, 1.165) is 0 Å². The van der Waals surface area contributed by atoms with Crippen LogP contribution in [0, 0.1) is 25.5 Å². The van der Waals surface area contributed by atoms with E-state index in [4.69, 9.17) is 0 Å². The maximum atomic E-state index is 13.8. The average molecular weight is 263 g/mol. The highest BCUT2D eigenvalue weighted by Gasteiger charge is 2.13. The summed E-state index contributed by atoms with van der Waals surface area (Å²) < 4.78 is 26.9. The van der Waals surface area contributed by atoms with Crippen LogP contribution in [0.5, 0.6) is 0 Å². The van der Waals surface area contributed by atoms with Crippen molar-refractivity contribution in [2.24, 2.45) is 0 Å². The summed E-state index contributed by atoms with van der Waals surface area (Å²) in [6.45, 7) is 5.78. The molecule has 0 bridgehead atoms. The van der Waals surface area contributed by atoms with Crippen LogP contribution >= 0.6 is 0 Å². The third-order valence-electron chi connectivity index (χ3n) is 2.79. The second kappa shape index (κ2) is 5.30. The maximum absolute atomic E-state index is 13.8. The summed E-state index contributed by atoms with van der Waals surface area (Å²) in [7, 11) is 0. The van der Waals surface area contributed by atoms with Crippen molar-refractivity contribution < 1.29 is 8.78 Å². The number of aryl methyl sites for hydroxylation is 2. The van der Waals surface area contributed by atoms with Crippen LogP contribution in [0.15, 0.2) is 18.2 Å². The Hall–Kier alpha value is -2.04. The fraction of sp³-hybridized carbons (Fsp3) is 0.286.